The maximum Gasteiger partial charge on any atom is 0.258 e. The molecule has 3 rings (SSSR count). The number of Topliss-reactive ketones (excluding diaryl/α,β-unsaturated/α-hetero) is 2. The molecule has 0 aliphatic carbocycles. The summed E-state index contributed by atoms with van der Waals surface area (Å²) >= 11 is 0. The number of hydrogen-bond donors (Lipinski definition) is 1. The fraction of sp³-hybridized carbons (Fsp3) is 0.250. The van der Waals surface area contributed by atoms with Crippen LogP contribution in [-0.4, -0.2) is 30.7 Å². The first kappa shape index (κ1) is 17.7. The van der Waals surface area contributed by atoms with Crippen molar-refractivity contribution >= 4 is 17.5 Å². The molecule has 0 saturated heterocycles. The number of nitrogens with one attached hydrogen (secondary N) is 1. The van der Waals surface area contributed by atoms with Crippen LogP contribution >= 0.6 is 0 Å². The molecular weight excluding hydrogens is 334 g/mol. The third-order valence-corrected chi connectivity index (χ3v) is 4.04. The van der Waals surface area contributed by atoms with Crippen LogP contribution in [0.15, 0.2) is 42.5 Å². The van der Waals surface area contributed by atoms with Crippen LogP contribution in [0.5, 0.6) is 11.5 Å². The molecule has 1 amide bonds. The van der Waals surface area contributed by atoms with Crippen LogP contribution in [0.2, 0.25) is 0 Å². The van der Waals surface area contributed by atoms with Gasteiger partial charge in [0.05, 0.1) is 12.2 Å². The van der Waals surface area contributed by atoms with Crippen molar-refractivity contribution in [2.45, 2.75) is 19.9 Å². The number of ether oxygens (including phenoxy) is 2. The summed E-state index contributed by atoms with van der Waals surface area (Å²) < 4.78 is 11.0. The molecule has 1 aliphatic rings. The van der Waals surface area contributed by atoms with Gasteiger partial charge in [-0.05, 0) is 24.6 Å². The van der Waals surface area contributed by atoms with Crippen LogP contribution < -0.4 is 14.8 Å². The number of rotatable bonds is 6. The molecule has 0 aromatic heterocycles. The predicted octanol–water partition coefficient (Wildman–Crippen LogP) is 2.55. The maximum absolute atomic E-state index is 12.0. The summed E-state index contributed by atoms with van der Waals surface area (Å²) in [5.74, 6) is -0.174. The molecule has 1 N–H and O–H groups in total. The van der Waals surface area contributed by atoms with Crippen molar-refractivity contribution in [2.75, 3.05) is 13.2 Å². The first-order valence-corrected chi connectivity index (χ1v) is 8.33. The third kappa shape index (κ3) is 3.91. The van der Waals surface area contributed by atoms with Gasteiger partial charge in [0, 0.05) is 13.0 Å². The van der Waals surface area contributed by atoms with Gasteiger partial charge < -0.3 is 14.8 Å². The fourth-order valence-electron chi connectivity index (χ4n) is 2.76. The zero-order valence-corrected chi connectivity index (χ0v) is 14.4. The first-order chi connectivity index (χ1) is 12.6. The lowest BCUT2D eigenvalue weighted by molar-refractivity contribution is -0.123. The van der Waals surface area contributed by atoms with E-state index in [4.69, 9.17) is 9.47 Å². The van der Waals surface area contributed by atoms with E-state index in [0.29, 0.717) is 12.1 Å². The number of carbonyl (C=O) groups excluding carboxylic acids is 3. The molecule has 0 bridgehead atoms. The molecule has 6 heteroatoms. The molecule has 0 radical (unpaired) electrons. The average Bonchev–Trinajstić information content (AvgIpc) is 2.65. The standard InChI is InChI=1S/C20H19NO5/c1-13(22)19-17(8-7-15-16(23)9-10-25-20(15)19)26-12-18(24)21-11-14-5-3-2-4-6-14/h2-8H,9-12H2,1H3,(H,21,24). The Balaban J connectivity index is 1.68. The Morgan fingerprint density at radius 3 is 2.65 bits per heavy atom. The van der Waals surface area contributed by atoms with E-state index >= 15 is 0 Å². The van der Waals surface area contributed by atoms with Crippen molar-refractivity contribution in [2.24, 2.45) is 0 Å². The van der Waals surface area contributed by atoms with Crippen molar-refractivity contribution in [1.82, 2.24) is 5.32 Å². The molecule has 6 nitrogen and oxygen atoms in total. The highest BCUT2D eigenvalue weighted by atomic mass is 16.5. The molecule has 134 valence electrons. The van der Waals surface area contributed by atoms with Gasteiger partial charge in [0.15, 0.2) is 18.2 Å². The third-order valence-electron chi connectivity index (χ3n) is 4.04. The molecule has 1 heterocycles. The zero-order valence-electron chi connectivity index (χ0n) is 14.4. The second-order valence-electron chi connectivity index (χ2n) is 5.94. The quantitative estimate of drug-likeness (QED) is 0.807. The fourth-order valence-corrected chi connectivity index (χ4v) is 2.76. The number of benzene rings is 2. The summed E-state index contributed by atoms with van der Waals surface area (Å²) in [6.45, 7) is 1.76. The summed E-state index contributed by atoms with van der Waals surface area (Å²) in [6, 6.07) is 12.6. The summed E-state index contributed by atoms with van der Waals surface area (Å²) in [5, 5.41) is 2.75. The minimum absolute atomic E-state index is 0.0686. The van der Waals surface area contributed by atoms with E-state index < -0.39 is 0 Å². The molecular formula is C20H19NO5. The number of ketones is 2. The Hall–Kier alpha value is -3.15. The van der Waals surface area contributed by atoms with Crippen LogP contribution in [0, 0.1) is 0 Å². The zero-order chi connectivity index (χ0) is 18.5. The van der Waals surface area contributed by atoms with Crippen LogP contribution in [0.3, 0.4) is 0 Å². The topological polar surface area (TPSA) is 81.7 Å². The van der Waals surface area contributed by atoms with Gasteiger partial charge in [-0.25, -0.2) is 0 Å². The van der Waals surface area contributed by atoms with E-state index in [9.17, 15) is 14.4 Å². The Kier molecular flexibility index (Phi) is 5.31. The van der Waals surface area contributed by atoms with Gasteiger partial charge in [-0.1, -0.05) is 30.3 Å². The average molecular weight is 353 g/mol. The first-order valence-electron chi connectivity index (χ1n) is 8.33. The molecule has 1 aliphatic heterocycles. The Morgan fingerprint density at radius 2 is 1.92 bits per heavy atom. The second kappa shape index (κ2) is 7.82. The van der Waals surface area contributed by atoms with Gasteiger partial charge in [0.25, 0.3) is 5.91 Å². The summed E-state index contributed by atoms with van der Waals surface area (Å²) in [7, 11) is 0. The normalized spacial score (nSPS) is 12.7. The molecule has 0 unspecified atom stereocenters. The molecule has 2 aromatic rings. The van der Waals surface area contributed by atoms with Gasteiger partial charge in [0.2, 0.25) is 0 Å². The van der Waals surface area contributed by atoms with Crippen molar-refractivity contribution in [3.8, 4) is 11.5 Å². The van der Waals surface area contributed by atoms with Crippen LogP contribution in [0.25, 0.3) is 0 Å². The minimum atomic E-state index is -0.307. The molecule has 0 spiro atoms. The van der Waals surface area contributed by atoms with Gasteiger partial charge in [-0.3, -0.25) is 14.4 Å². The van der Waals surface area contributed by atoms with Crippen molar-refractivity contribution in [3.05, 3.63) is 59.2 Å². The smallest absolute Gasteiger partial charge is 0.258 e. The van der Waals surface area contributed by atoms with E-state index in [1.807, 2.05) is 30.3 Å². The lowest BCUT2D eigenvalue weighted by Gasteiger charge is -2.20. The Labute approximate surface area is 151 Å². The van der Waals surface area contributed by atoms with E-state index in [0.717, 1.165) is 5.56 Å². The number of amides is 1. The maximum atomic E-state index is 12.0. The molecule has 26 heavy (non-hydrogen) atoms. The molecule has 0 atom stereocenters. The number of hydrogen-bond acceptors (Lipinski definition) is 5. The van der Waals surface area contributed by atoms with Crippen LogP contribution in [0.1, 0.15) is 39.6 Å². The van der Waals surface area contributed by atoms with E-state index in [-0.39, 0.29) is 54.2 Å². The van der Waals surface area contributed by atoms with Crippen molar-refractivity contribution in [3.63, 3.8) is 0 Å². The number of fused-ring (bicyclic) bond motifs is 1. The van der Waals surface area contributed by atoms with Crippen molar-refractivity contribution < 1.29 is 23.9 Å². The van der Waals surface area contributed by atoms with Gasteiger partial charge in [-0.15, -0.1) is 0 Å². The van der Waals surface area contributed by atoms with Gasteiger partial charge >= 0.3 is 0 Å². The second-order valence-corrected chi connectivity index (χ2v) is 5.94. The van der Waals surface area contributed by atoms with Gasteiger partial charge in [-0.2, -0.15) is 0 Å². The Morgan fingerprint density at radius 1 is 1.15 bits per heavy atom. The van der Waals surface area contributed by atoms with E-state index in [2.05, 4.69) is 5.32 Å². The van der Waals surface area contributed by atoms with Crippen LogP contribution in [-0.2, 0) is 11.3 Å². The summed E-state index contributed by atoms with van der Waals surface area (Å²) in [5.41, 5.74) is 1.56. The van der Waals surface area contributed by atoms with Gasteiger partial charge in [0.1, 0.15) is 17.1 Å². The highest BCUT2D eigenvalue weighted by Crippen LogP contribution is 2.35. The SMILES string of the molecule is CC(=O)c1c(OCC(=O)NCc2ccccc2)ccc2c1OCCC2=O. The monoisotopic (exact) mass is 353 g/mol. The van der Waals surface area contributed by atoms with Crippen molar-refractivity contribution in [1.29, 1.82) is 0 Å². The van der Waals surface area contributed by atoms with E-state index in [1.54, 1.807) is 6.07 Å². The Bertz CT molecular complexity index is 845. The van der Waals surface area contributed by atoms with E-state index in [1.165, 1.54) is 13.0 Å². The highest BCUT2D eigenvalue weighted by molar-refractivity contribution is 6.07. The molecule has 0 saturated carbocycles. The highest BCUT2D eigenvalue weighted by Gasteiger charge is 2.26. The largest absolute Gasteiger partial charge is 0.491 e. The predicted molar refractivity (Wildman–Crippen MR) is 94.7 cm³/mol. The summed E-state index contributed by atoms with van der Waals surface area (Å²) in [4.78, 5) is 36.0. The lowest BCUT2D eigenvalue weighted by Crippen LogP contribution is -2.28. The minimum Gasteiger partial charge on any atom is -0.491 e. The van der Waals surface area contributed by atoms with Crippen LogP contribution in [0.4, 0.5) is 0 Å². The number of carbonyl (C=O) groups is 3. The summed E-state index contributed by atoms with van der Waals surface area (Å²) in [6.07, 6.45) is 0.284. The lowest BCUT2D eigenvalue weighted by atomic mass is 9.98. The molecule has 2 aromatic carbocycles. The molecule has 0 fully saturated rings.